The van der Waals surface area contributed by atoms with Gasteiger partial charge in [-0.2, -0.15) is 0 Å². The second kappa shape index (κ2) is 16.3. The van der Waals surface area contributed by atoms with E-state index in [2.05, 4.69) is 40.7 Å². The Hall–Kier alpha value is -6.95. The molecule has 0 saturated carbocycles. The van der Waals surface area contributed by atoms with Gasteiger partial charge in [0.2, 0.25) is 5.95 Å². The van der Waals surface area contributed by atoms with Crippen LogP contribution in [0.3, 0.4) is 0 Å². The quantitative estimate of drug-likeness (QED) is 0.0640. The summed E-state index contributed by atoms with van der Waals surface area (Å²) in [7, 11) is 6.23. The number of benzene rings is 4. The summed E-state index contributed by atoms with van der Waals surface area (Å²) in [5.41, 5.74) is 2.92. The maximum absolute atomic E-state index is 15.2. The van der Waals surface area contributed by atoms with Gasteiger partial charge in [-0.05, 0) is 50.2 Å². The standard InChI is InChI=1S/C40H36F6N10O6S2/c1-7-47-33(57)21-15-26-28(18-29(21)59-5)55(4)40(52-26,53-37-50-24-12-10-20(14-32(24)64-37)62-39(44,45)46)56(8-2)34(58)22-16-25-27(17-30(22)60-6)54(3)35(48-25)51-36-49-23-11-9-19(13-31(23)63-36)61-38(41,42)43/h9-18,52H,7-8H2,1-6H3,(H,47,57)(H,50,53)(H,48,49,51). The van der Waals surface area contributed by atoms with E-state index in [4.69, 9.17) is 14.5 Å². The molecule has 4 heterocycles. The van der Waals surface area contributed by atoms with Gasteiger partial charge in [-0.15, -0.1) is 26.3 Å². The Labute approximate surface area is 366 Å². The number of ether oxygens (including phenoxy) is 4. The third-order valence-corrected chi connectivity index (χ3v) is 12.0. The summed E-state index contributed by atoms with van der Waals surface area (Å²) in [6.07, 6.45) is -9.78. The lowest BCUT2D eigenvalue weighted by Crippen LogP contribution is -2.68. The second-order valence-corrected chi connectivity index (χ2v) is 16.1. The number of carbonyl (C=O) groups excluding carboxylic acids is 2. The van der Waals surface area contributed by atoms with Crippen molar-refractivity contribution in [3.63, 3.8) is 0 Å². The van der Waals surface area contributed by atoms with E-state index in [-0.39, 0.29) is 40.1 Å². The number of methoxy groups -OCH3 is 2. The molecule has 0 saturated heterocycles. The van der Waals surface area contributed by atoms with Gasteiger partial charge in [0, 0.05) is 51.5 Å². The van der Waals surface area contributed by atoms with Gasteiger partial charge in [-0.1, -0.05) is 22.7 Å². The molecule has 16 nitrogen and oxygen atoms in total. The van der Waals surface area contributed by atoms with Crippen LogP contribution in [0.2, 0.25) is 0 Å². The Bertz CT molecular complexity index is 2960. The molecule has 0 radical (unpaired) electrons. The molecule has 4 N–H and O–H groups in total. The van der Waals surface area contributed by atoms with E-state index in [9.17, 15) is 31.1 Å². The highest BCUT2D eigenvalue weighted by molar-refractivity contribution is 7.22. The molecular weight excluding hydrogens is 895 g/mol. The molecule has 64 heavy (non-hydrogen) atoms. The Morgan fingerprint density at radius 3 is 1.95 bits per heavy atom. The van der Waals surface area contributed by atoms with Crippen molar-refractivity contribution in [3.05, 3.63) is 71.8 Å². The lowest BCUT2D eigenvalue weighted by Gasteiger charge is -2.45. The minimum atomic E-state index is -4.92. The molecule has 1 aliphatic heterocycles. The highest BCUT2D eigenvalue weighted by Crippen LogP contribution is 2.46. The number of hydrogen-bond donors (Lipinski definition) is 4. The van der Waals surface area contributed by atoms with Crippen molar-refractivity contribution < 1.29 is 54.9 Å². The van der Waals surface area contributed by atoms with Crippen LogP contribution in [0.15, 0.2) is 60.7 Å². The minimum Gasteiger partial charge on any atom is -0.496 e. The third kappa shape index (κ3) is 8.20. The summed E-state index contributed by atoms with van der Waals surface area (Å²) in [5.74, 6) is -2.78. The van der Waals surface area contributed by atoms with Gasteiger partial charge >= 0.3 is 12.7 Å². The van der Waals surface area contributed by atoms with Crippen molar-refractivity contribution in [1.29, 1.82) is 0 Å². The molecular formula is C40H36F6N10O6S2. The first-order chi connectivity index (χ1) is 30.3. The van der Waals surface area contributed by atoms with Gasteiger partial charge in [0.15, 0.2) is 10.3 Å². The third-order valence-electron chi connectivity index (χ3n) is 10.1. The van der Waals surface area contributed by atoms with Gasteiger partial charge in [-0.25, -0.2) is 15.0 Å². The topological polar surface area (TPSA) is 169 Å². The lowest BCUT2D eigenvalue weighted by molar-refractivity contribution is -0.275. The molecule has 336 valence electrons. The van der Waals surface area contributed by atoms with E-state index < -0.39 is 36.2 Å². The minimum absolute atomic E-state index is 0.0372. The summed E-state index contributed by atoms with van der Waals surface area (Å²) >= 11 is 2.10. The van der Waals surface area contributed by atoms with Crippen LogP contribution in [0.4, 0.5) is 53.9 Å². The molecule has 2 amide bonds. The van der Waals surface area contributed by atoms with Crippen LogP contribution in [-0.4, -0.2) is 89.2 Å². The molecule has 1 atom stereocenters. The number of fused-ring (bicyclic) bond motifs is 4. The number of alkyl halides is 6. The van der Waals surface area contributed by atoms with Crippen LogP contribution < -0.4 is 45.1 Å². The fourth-order valence-electron chi connectivity index (χ4n) is 7.31. The fourth-order valence-corrected chi connectivity index (χ4v) is 9.14. The largest absolute Gasteiger partial charge is 0.573 e. The van der Waals surface area contributed by atoms with Crippen molar-refractivity contribution >= 4 is 93.5 Å². The van der Waals surface area contributed by atoms with Crippen LogP contribution in [0.1, 0.15) is 34.6 Å². The zero-order chi connectivity index (χ0) is 45.9. The van der Waals surface area contributed by atoms with Gasteiger partial charge in [0.05, 0.1) is 68.2 Å². The average molecular weight is 931 g/mol. The normalized spacial score (nSPS) is 15.0. The molecule has 24 heteroatoms. The summed E-state index contributed by atoms with van der Waals surface area (Å²) in [6.45, 7) is 3.89. The summed E-state index contributed by atoms with van der Waals surface area (Å²) in [6, 6.07) is 14.0. The van der Waals surface area contributed by atoms with Crippen molar-refractivity contribution in [2.24, 2.45) is 7.05 Å². The van der Waals surface area contributed by atoms with Gasteiger partial charge in [0.1, 0.15) is 23.0 Å². The molecule has 7 aromatic rings. The average Bonchev–Trinajstić information content (AvgIpc) is 3.97. The summed E-state index contributed by atoms with van der Waals surface area (Å²) in [4.78, 5) is 45.4. The Kier molecular flexibility index (Phi) is 11.1. The van der Waals surface area contributed by atoms with E-state index >= 15 is 4.79 Å². The van der Waals surface area contributed by atoms with Crippen LogP contribution in [0.5, 0.6) is 23.0 Å². The molecule has 0 fully saturated rings. The fraction of sp³-hybridized carbons (Fsp3) is 0.275. The first kappa shape index (κ1) is 43.7. The number of aromatic nitrogens is 4. The second-order valence-electron chi connectivity index (χ2n) is 14.0. The molecule has 4 aromatic carbocycles. The van der Waals surface area contributed by atoms with Gasteiger partial charge in [0.25, 0.3) is 17.7 Å². The smallest absolute Gasteiger partial charge is 0.496 e. The number of imidazole rings is 1. The number of amides is 2. The first-order valence-corrected chi connectivity index (χ1v) is 20.7. The van der Waals surface area contributed by atoms with Gasteiger partial charge < -0.3 is 49.7 Å². The number of thiazole rings is 2. The van der Waals surface area contributed by atoms with E-state index in [1.165, 1.54) is 49.5 Å². The zero-order valence-electron chi connectivity index (χ0n) is 34.4. The number of aryl methyl sites for hydroxylation is 1. The molecule has 0 bridgehead atoms. The van der Waals surface area contributed by atoms with Crippen molar-refractivity contribution in [3.8, 4) is 23.0 Å². The molecule has 1 aliphatic rings. The van der Waals surface area contributed by atoms with Crippen LogP contribution in [-0.2, 0) is 7.05 Å². The van der Waals surface area contributed by atoms with Gasteiger partial charge in [-0.3, -0.25) is 14.5 Å². The zero-order valence-corrected chi connectivity index (χ0v) is 36.0. The highest BCUT2D eigenvalue weighted by atomic mass is 32.1. The number of nitrogens with one attached hydrogen (secondary N) is 4. The van der Waals surface area contributed by atoms with Crippen molar-refractivity contribution in [2.75, 3.05) is 55.2 Å². The van der Waals surface area contributed by atoms with Crippen LogP contribution in [0.25, 0.3) is 31.5 Å². The Morgan fingerprint density at radius 1 is 0.781 bits per heavy atom. The Morgan fingerprint density at radius 2 is 1.38 bits per heavy atom. The maximum Gasteiger partial charge on any atom is 0.573 e. The van der Waals surface area contributed by atoms with Crippen LogP contribution >= 0.6 is 22.7 Å². The summed E-state index contributed by atoms with van der Waals surface area (Å²) in [5, 5.41) is 13.2. The molecule has 0 spiro atoms. The molecule has 0 aliphatic carbocycles. The first-order valence-electron chi connectivity index (χ1n) is 19.1. The van der Waals surface area contributed by atoms with Crippen molar-refractivity contribution in [2.45, 2.75) is 32.5 Å². The van der Waals surface area contributed by atoms with Crippen LogP contribution in [0, 0.1) is 0 Å². The predicted molar refractivity (Wildman–Crippen MR) is 229 cm³/mol. The number of rotatable bonds is 13. The molecule has 3 aromatic heterocycles. The maximum atomic E-state index is 15.2. The van der Waals surface area contributed by atoms with E-state index in [0.717, 1.165) is 28.7 Å². The summed E-state index contributed by atoms with van der Waals surface area (Å²) < 4.78 is 100. The van der Waals surface area contributed by atoms with E-state index in [0.29, 0.717) is 60.5 Å². The number of halogens is 6. The lowest BCUT2D eigenvalue weighted by atomic mass is 10.1. The predicted octanol–water partition coefficient (Wildman–Crippen LogP) is 8.85. The SMILES string of the molecule is CCNC(=O)c1cc2c(cc1OC)N(C)C(Nc1nc3ccc(OC(F)(F)F)cc3s1)(N(CC)C(=O)c1cc3nc(Nc4nc5ccc(OC(F)(F)F)cc5s4)n(C)c3cc1OC)N2. The number of anilines is 5. The molecule has 1 unspecified atom stereocenters. The number of carbonyl (C=O) groups is 2. The molecule has 8 rings (SSSR count). The van der Waals surface area contributed by atoms with E-state index in [1.54, 1.807) is 61.7 Å². The van der Waals surface area contributed by atoms with Crippen molar-refractivity contribution in [1.82, 2.24) is 29.7 Å². The highest BCUT2D eigenvalue weighted by Gasteiger charge is 2.50. The number of hydrogen-bond acceptors (Lipinski definition) is 15. The Balaban J connectivity index is 1.18. The number of nitrogens with zero attached hydrogens (tertiary/aromatic N) is 6. The van der Waals surface area contributed by atoms with E-state index in [1.807, 2.05) is 0 Å². The monoisotopic (exact) mass is 930 g/mol.